The molecule has 0 amide bonds. The molecule has 1 fully saturated rings. The van der Waals surface area contributed by atoms with Gasteiger partial charge in [-0.05, 0) is 77.1 Å². The highest BCUT2D eigenvalue weighted by atomic mass is 32.2. The van der Waals surface area contributed by atoms with Gasteiger partial charge in [-0.1, -0.05) is 36.4 Å². The number of rotatable bonds is 8. The van der Waals surface area contributed by atoms with Gasteiger partial charge in [-0.25, -0.2) is 8.42 Å². The van der Waals surface area contributed by atoms with Crippen LogP contribution in [0.4, 0.5) is 0 Å². The molecule has 0 saturated carbocycles. The molecular weight excluding hydrogens is 424 g/mol. The van der Waals surface area contributed by atoms with Crippen molar-refractivity contribution >= 4 is 16.0 Å². The lowest BCUT2D eigenvalue weighted by Crippen LogP contribution is -2.35. The lowest BCUT2D eigenvalue weighted by molar-refractivity contribution is -0.153. The van der Waals surface area contributed by atoms with Crippen LogP contribution in [-0.2, 0) is 26.0 Å². The quantitative estimate of drug-likeness (QED) is 0.596. The summed E-state index contributed by atoms with van der Waals surface area (Å²) in [6.45, 7) is 9.46. The number of nitrogens with zero attached hydrogens (tertiary/aromatic N) is 1. The molecular formula is C25H36N2O4S. The SMILES string of the molecule is C[C@@H]1CCCN1CCc1ccc(C2C=CC(S(=O)(=O)NCC(=O)OC(C)(C)C)=CC2)cc1. The predicted octanol–water partition coefficient (Wildman–Crippen LogP) is 3.90. The molecule has 1 N–H and O–H groups in total. The predicted molar refractivity (Wildman–Crippen MR) is 128 cm³/mol. The van der Waals surface area contributed by atoms with Crippen LogP contribution in [0.5, 0.6) is 0 Å². The van der Waals surface area contributed by atoms with Gasteiger partial charge in [0.2, 0.25) is 10.0 Å². The average Bonchev–Trinajstić information content (AvgIpc) is 3.15. The van der Waals surface area contributed by atoms with Crippen LogP contribution >= 0.6 is 0 Å². The van der Waals surface area contributed by atoms with Crippen molar-refractivity contribution in [1.82, 2.24) is 9.62 Å². The van der Waals surface area contributed by atoms with E-state index < -0.39 is 21.6 Å². The Morgan fingerprint density at radius 2 is 1.94 bits per heavy atom. The molecule has 1 unspecified atom stereocenters. The van der Waals surface area contributed by atoms with Gasteiger partial charge >= 0.3 is 5.97 Å². The molecule has 0 aromatic heterocycles. The lowest BCUT2D eigenvalue weighted by atomic mass is 9.91. The van der Waals surface area contributed by atoms with Gasteiger partial charge < -0.3 is 9.64 Å². The highest BCUT2D eigenvalue weighted by molar-refractivity contribution is 7.93. The molecule has 0 bridgehead atoms. The molecule has 1 aromatic carbocycles. The van der Waals surface area contributed by atoms with E-state index in [1.54, 1.807) is 32.9 Å². The van der Waals surface area contributed by atoms with Crippen LogP contribution in [0, 0.1) is 0 Å². The lowest BCUT2D eigenvalue weighted by Gasteiger charge is -2.21. The Kier molecular flexibility index (Phi) is 7.96. The number of hydrogen-bond acceptors (Lipinski definition) is 5. The number of ether oxygens (including phenoxy) is 1. The number of sulfonamides is 1. The van der Waals surface area contributed by atoms with Crippen LogP contribution in [0.15, 0.2) is 47.4 Å². The average molecular weight is 461 g/mol. The molecule has 1 saturated heterocycles. The van der Waals surface area contributed by atoms with Crippen LogP contribution in [-0.4, -0.2) is 50.6 Å². The van der Waals surface area contributed by atoms with Crippen molar-refractivity contribution in [3.63, 3.8) is 0 Å². The minimum absolute atomic E-state index is 0.146. The summed E-state index contributed by atoms with van der Waals surface area (Å²) in [6.07, 6.45) is 9.51. The third kappa shape index (κ3) is 7.02. The Labute approximate surface area is 192 Å². The fraction of sp³-hybridized carbons (Fsp3) is 0.560. The summed E-state index contributed by atoms with van der Waals surface area (Å²) in [5, 5.41) is 0. The molecule has 1 heterocycles. The van der Waals surface area contributed by atoms with Crippen LogP contribution in [0.2, 0.25) is 0 Å². The smallest absolute Gasteiger partial charge is 0.321 e. The monoisotopic (exact) mass is 460 g/mol. The van der Waals surface area contributed by atoms with Gasteiger partial charge in [0.05, 0.1) is 4.91 Å². The number of likely N-dealkylation sites (tertiary alicyclic amines) is 1. The van der Waals surface area contributed by atoms with Gasteiger partial charge in [-0.15, -0.1) is 0 Å². The number of allylic oxidation sites excluding steroid dienone is 3. The van der Waals surface area contributed by atoms with E-state index in [0.29, 0.717) is 12.5 Å². The van der Waals surface area contributed by atoms with Gasteiger partial charge in [-0.3, -0.25) is 4.79 Å². The molecule has 32 heavy (non-hydrogen) atoms. The molecule has 1 aliphatic carbocycles. The Bertz CT molecular complexity index is 959. The van der Waals surface area contributed by atoms with E-state index in [4.69, 9.17) is 4.74 Å². The van der Waals surface area contributed by atoms with Crippen LogP contribution in [0.1, 0.15) is 64.0 Å². The topological polar surface area (TPSA) is 75.7 Å². The third-order valence-electron chi connectivity index (χ3n) is 5.99. The van der Waals surface area contributed by atoms with Crippen molar-refractivity contribution in [2.45, 2.75) is 70.9 Å². The fourth-order valence-electron chi connectivity index (χ4n) is 4.19. The molecule has 176 valence electrons. The van der Waals surface area contributed by atoms with Crippen molar-refractivity contribution in [2.75, 3.05) is 19.6 Å². The van der Waals surface area contributed by atoms with Crippen LogP contribution in [0.3, 0.4) is 0 Å². The second-order valence-electron chi connectivity index (χ2n) is 9.74. The minimum atomic E-state index is -3.75. The molecule has 2 aliphatic rings. The normalized spacial score (nSPS) is 22.1. The fourth-order valence-corrected chi connectivity index (χ4v) is 5.24. The maximum absolute atomic E-state index is 12.5. The standard InChI is InChI=1S/C25H36N2O4S/c1-19-6-5-16-27(19)17-15-20-7-9-21(10-8-20)22-11-13-23(14-12-22)32(29,30)26-18-24(28)31-25(2,3)4/h7-11,13-14,19,22,26H,5-6,12,15-18H2,1-4H3/t19-,22?/m1/s1. The van der Waals surface area contributed by atoms with E-state index in [1.807, 2.05) is 6.08 Å². The zero-order valence-electron chi connectivity index (χ0n) is 19.6. The Morgan fingerprint density at radius 3 is 2.50 bits per heavy atom. The van der Waals surface area contributed by atoms with E-state index in [2.05, 4.69) is 40.8 Å². The van der Waals surface area contributed by atoms with Crippen molar-refractivity contribution in [1.29, 1.82) is 0 Å². The number of nitrogens with one attached hydrogen (secondary N) is 1. The second kappa shape index (κ2) is 10.3. The van der Waals surface area contributed by atoms with Gasteiger partial charge in [0.15, 0.2) is 0 Å². The van der Waals surface area contributed by atoms with Gasteiger partial charge in [0.1, 0.15) is 12.1 Å². The number of esters is 1. The zero-order chi connectivity index (χ0) is 23.4. The molecule has 3 rings (SSSR count). The van der Waals surface area contributed by atoms with E-state index in [0.717, 1.165) is 13.0 Å². The summed E-state index contributed by atoms with van der Waals surface area (Å²) in [5.41, 5.74) is 1.86. The van der Waals surface area contributed by atoms with Crippen LogP contribution < -0.4 is 4.72 Å². The van der Waals surface area contributed by atoms with Crippen molar-refractivity contribution < 1.29 is 17.9 Å². The first-order chi connectivity index (χ1) is 15.0. The van der Waals surface area contributed by atoms with E-state index in [1.165, 1.54) is 30.5 Å². The molecule has 1 aliphatic heterocycles. The molecule has 0 spiro atoms. The molecule has 6 nitrogen and oxygen atoms in total. The summed E-state index contributed by atoms with van der Waals surface area (Å²) < 4.78 is 32.5. The first-order valence-corrected chi connectivity index (χ1v) is 12.9. The highest BCUT2D eigenvalue weighted by Gasteiger charge is 2.23. The van der Waals surface area contributed by atoms with Crippen LogP contribution in [0.25, 0.3) is 0 Å². The summed E-state index contributed by atoms with van der Waals surface area (Å²) >= 11 is 0. The molecule has 2 atom stereocenters. The number of hydrogen-bond donors (Lipinski definition) is 1. The van der Waals surface area contributed by atoms with E-state index >= 15 is 0 Å². The summed E-state index contributed by atoms with van der Waals surface area (Å²) in [5.74, 6) is -0.453. The minimum Gasteiger partial charge on any atom is -0.459 e. The van der Waals surface area contributed by atoms with E-state index in [9.17, 15) is 13.2 Å². The number of benzene rings is 1. The molecule has 0 radical (unpaired) electrons. The number of carbonyl (C=O) groups excluding carboxylic acids is 1. The largest absolute Gasteiger partial charge is 0.459 e. The number of carbonyl (C=O) groups is 1. The van der Waals surface area contributed by atoms with Crippen molar-refractivity contribution in [3.8, 4) is 0 Å². The Hall–Kier alpha value is -1.96. The summed E-state index contributed by atoms with van der Waals surface area (Å²) in [6, 6.07) is 9.35. The van der Waals surface area contributed by atoms with Gasteiger partial charge in [0, 0.05) is 18.5 Å². The summed E-state index contributed by atoms with van der Waals surface area (Å²) in [7, 11) is -3.75. The molecule has 1 aromatic rings. The van der Waals surface area contributed by atoms with E-state index in [-0.39, 0.29) is 17.4 Å². The Morgan fingerprint density at radius 1 is 1.22 bits per heavy atom. The first-order valence-electron chi connectivity index (χ1n) is 11.5. The maximum atomic E-state index is 12.5. The Balaban J connectivity index is 1.51. The van der Waals surface area contributed by atoms with Gasteiger partial charge in [0.25, 0.3) is 0 Å². The summed E-state index contributed by atoms with van der Waals surface area (Å²) in [4.78, 5) is 14.5. The zero-order valence-corrected chi connectivity index (χ0v) is 20.5. The third-order valence-corrected chi connectivity index (χ3v) is 7.44. The molecule has 7 heteroatoms. The second-order valence-corrected chi connectivity index (χ2v) is 11.5. The van der Waals surface area contributed by atoms with Gasteiger partial charge in [-0.2, -0.15) is 4.72 Å². The van der Waals surface area contributed by atoms with Crippen molar-refractivity contribution in [2.24, 2.45) is 0 Å². The highest BCUT2D eigenvalue weighted by Crippen LogP contribution is 2.28. The van der Waals surface area contributed by atoms with Crippen molar-refractivity contribution in [3.05, 3.63) is 58.5 Å². The maximum Gasteiger partial charge on any atom is 0.321 e. The first kappa shape index (κ1) is 24.7.